The Morgan fingerprint density at radius 2 is 2.00 bits per heavy atom. The fraction of sp³-hybridized carbons (Fsp3) is 0.667. The molecule has 0 saturated carbocycles. The number of hydrogen-bond donors (Lipinski definition) is 2. The molecule has 100 valence electrons. The monoisotopic (exact) mass is 252 g/mol. The largest absolute Gasteiger partial charge is 0.395 e. The van der Waals surface area contributed by atoms with Crippen LogP contribution < -0.4 is 4.90 Å². The van der Waals surface area contributed by atoms with Crippen molar-refractivity contribution in [2.24, 2.45) is 0 Å². The molecule has 0 unspecified atom stereocenters. The Bertz CT molecular complexity index is 375. The van der Waals surface area contributed by atoms with Crippen LogP contribution in [0.2, 0.25) is 0 Å². The van der Waals surface area contributed by atoms with Crippen molar-refractivity contribution >= 4 is 5.82 Å². The molecule has 1 aliphatic rings. The van der Waals surface area contributed by atoms with Gasteiger partial charge in [-0.2, -0.15) is 0 Å². The molecular weight excluding hydrogens is 232 g/mol. The van der Waals surface area contributed by atoms with Gasteiger partial charge in [-0.15, -0.1) is 0 Å². The number of aliphatic hydroxyl groups excluding tert-OH is 2. The van der Waals surface area contributed by atoms with Gasteiger partial charge < -0.3 is 15.1 Å². The van der Waals surface area contributed by atoms with Crippen LogP contribution in [0.4, 0.5) is 5.82 Å². The summed E-state index contributed by atoms with van der Waals surface area (Å²) in [5, 5.41) is 18.0. The third-order valence-corrected chi connectivity index (χ3v) is 3.16. The van der Waals surface area contributed by atoms with Gasteiger partial charge in [-0.3, -0.25) is 9.88 Å². The van der Waals surface area contributed by atoms with Crippen LogP contribution in [0.1, 0.15) is 12.1 Å². The number of aromatic nitrogens is 2. The van der Waals surface area contributed by atoms with E-state index in [2.05, 4.69) is 19.8 Å². The maximum absolute atomic E-state index is 9.07. The number of rotatable bonds is 4. The Kier molecular flexibility index (Phi) is 4.86. The fourth-order valence-electron chi connectivity index (χ4n) is 2.19. The Morgan fingerprint density at radius 3 is 2.78 bits per heavy atom. The maximum Gasteiger partial charge on any atom is 0.147 e. The lowest BCUT2D eigenvalue weighted by atomic mass is 10.4. The zero-order valence-corrected chi connectivity index (χ0v) is 10.5. The van der Waals surface area contributed by atoms with Gasteiger partial charge in [0.15, 0.2) is 0 Å². The summed E-state index contributed by atoms with van der Waals surface area (Å²) in [4.78, 5) is 12.9. The first-order valence-corrected chi connectivity index (χ1v) is 6.33. The van der Waals surface area contributed by atoms with Crippen LogP contribution >= 0.6 is 0 Å². The molecule has 2 N–H and O–H groups in total. The van der Waals surface area contributed by atoms with Crippen LogP contribution in [0.25, 0.3) is 0 Å². The minimum atomic E-state index is -0.0781. The Hall–Kier alpha value is -1.24. The predicted octanol–water partition coefficient (Wildman–Crippen LogP) is -0.527. The van der Waals surface area contributed by atoms with E-state index in [4.69, 9.17) is 10.2 Å². The molecule has 0 radical (unpaired) electrons. The molecule has 1 aromatic rings. The summed E-state index contributed by atoms with van der Waals surface area (Å²) in [5.41, 5.74) is 0.601. The molecule has 1 fully saturated rings. The number of β-amino-alcohol motifs (C(OH)–C–C–N with tert-alkyl or cyclic N) is 1. The van der Waals surface area contributed by atoms with Gasteiger partial charge in [-0.25, -0.2) is 4.98 Å². The molecule has 0 atom stereocenters. The highest BCUT2D eigenvalue weighted by Crippen LogP contribution is 2.13. The van der Waals surface area contributed by atoms with Gasteiger partial charge in [0.05, 0.1) is 31.3 Å². The minimum Gasteiger partial charge on any atom is -0.395 e. The van der Waals surface area contributed by atoms with Gasteiger partial charge in [0.25, 0.3) is 0 Å². The van der Waals surface area contributed by atoms with Gasteiger partial charge in [0, 0.05) is 26.2 Å². The van der Waals surface area contributed by atoms with E-state index in [1.165, 1.54) is 0 Å². The summed E-state index contributed by atoms with van der Waals surface area (Å²) >= 11 is 0. The summed E-state index contributed by atoms with van der Waals surface area (Å²) in [5.74, 6) is 0.826. The SMILES string of the molecule is OCCN1CCCN(c2cncc(CO)n2)CC1. The van der Waals surface area contributed by atoms with Crippen LogP contribution in [-0.4, -0.2) is 64.4 Å². The van der Waals surface area contributed by atoms with Crippen molar-refractivity contribution < 1.29 is 10.2 Å². The van der Waals surface area contributed by atoms with Gasteiger partial charge in [-0.05, 0) is 13.0 Å². The summed E-state index contributed by atoms with van der Waals surface area (Å²) in [6, 6.07) is 0. The molecule has 0 aliphatic carbocycles. The van der Waals surface area contributed by atoms with Crippen molar-refractivity contribution in [2.45, 2.75) is 13.0 Å². The second-order valence-corrected chi connectivity index (χ2v) is 4.43. The van der Waals surface area contributed by atoms with E-state index in [0.29, 0.717) is 5.69 Å². The molecule has 1 aromatic heterocycles. The molecule has 18 heavy (non-hydrogen) atoms. The number of hydrogen-bond acceptors (Lipinski definition) is 6. The molecule has 2 heterocycles. The van der Waals surface area contributed by atoms with Crippen molar-refractivity contribution in [2.75, 3.05) is 44.2 Å². The number of aliphatic hydroxyl groups is 2. The third kappa shape index (κ3) is 3.38. The first-order valence-electron chi connectivity index (χ1n) is 6.33. The molecule has 6 heteroatoms. The zero-order valence-electron chi connectivity index (χ0n) is 10.5. The summed E-state index contributed by atoms with van der Waals surface area (Å²) in [6.07, 6.45) is 4.37. The molecule has 0 bridgehead atoms. The van der Waals surface area contributed by atoms with Gasteiger partial charge in [0.2, 0.25) is 0 Å². The highest BCUT2D eigenvalue weighted by molar-refractivity contribution is 5.36. The highest BCUT2D eigenvalue weighted by atomic mass is 16.3. The van der Waals surface area contributed by atoms with Crippen molar-refractivity contribution in [1.29, 1.82) is 0 Å². The average molecular weight is 252 g/mol. The highest BCUT2D eigenvalue weighted by Gasteiger charge is 2.15. The Balaban J connectivity index is 2.00. The maximum atomic E-state index is 9.07. The van der Waals surface area contributed by atoms with Crippen molar-refractivity contribution in [3.05, 3.63) is 18.1 Å². The molecule has 0 spiro atoms. The lowest BCUT2D eigenvalue weighted by Gasteiger charge is -2.22. The Labute approximate surface area is 107 Å². The normalized spacial score (nSPS) is 17.8. The van der Waals surface area contributed by atoms with Gasteiger partial charge in [-0.1, -0.05) is 0 Å². The molecule has 2 rings (SSSR count). The average Bonchev–Trinajstić information content (AvgIpc) is 2.65. The minimum absolute atomic E-state index is 0.0781. The second-order valence-electron chi connectivity index (χ2n) is 4.43. The van der Waals surface area contributed by atoms with Crippen LogP contribution in [0.15, 0.2) is 12.4 Å². The van der Waals surface area contributed by atoms with Crippen LogP contribution in [0, 0.1) is 0 Å². The van der Waals surface area contributed by atoms with Gasteiger partial charge >= 0.3 is 0 Å². The lowest BCUT2D eigenvalue weighted by molar-refractivity contribution is 0.204. The van der Waals surface area contributed by atoms with Crippen LogP contribution in [0.5, 0.6) is 0 Å². The topological polar surface area (TPSA) is 72.7 Å². The Morgan fingerprint density at radius 1 is 1.11 bits per heavy atom. The zero-order chi connectivity index (χ0) is 12.8. The first kappa shape index (κ1) is 13.2. The summed E-state index contributed by atoms with van der Waals surface area (Å²) < 4.78 is 0. The second kappa shape index (κ2) is 6.63. The van der Waals surface area contributed by atoms with E-state index < -0.39 is 0 Å². The smallest absolute Gasteiger partial charge is 0.147 e. The van der Waals surface area contributed by atoms with Gasteiger partial charge in [0.1, 0.15) is 5.82 Å². The first-order chi connectivity index (χ1) is 8.83. The predicted molar refractivity (Wildman–Crippen MR) is 68.3 cm³/mol. The van der Waals surface area contributed by atoms with E-state index in [1.807, 2.05) is 0 Å². The van der Waals surface area contributed by atoms with Crippen LogP contribution in [-0.2, 0) is 6.61 Å². The van der Waals surface area contributed by atoms with Crippen molar-refractivity contribution in [3.8, 4) is 0 Å². The molecule has 1 aliphatic heterocycles. The van der Waals surface area contributed by atoms with Crippen LogP contribution in [0.3, 0.4) is 0 Å². The number of nitrogens with zero attached hydrogens (tertiary/aromatic N) is 4. The number of anilines is 1. The summed E-state index contributed by atoms with van der Waals surface area (Å²) in [6.45, 7) is 4.60. The van der Waals surface area contributed by atoms with E-state index >= 15 is 0 Å². The molecule has 0 amide bonds. The van der Waals surface area contributed by atoms with Crippen molar-refractivity contribution in [1.82, 2.24) is 14.9 Å². The van der Waals surface area contributed by atoms with E-state index in [-0.39, 0.29) is 13.2 Å². The lowest BCUT2D eigenvalue weighted by Crippen LogP contribution is -2.32. The van der Waals surface area contributed by atoms with Crippen molar-refractivity contribution in [3.63, 3.8) is 0 Å². The summed E-state index contributed by atoms with van der Waals surface area (Å²) in [7, 11) is 0. The van der Waals surface area contributed by atoms with E-state index in [9.17, 15) is 0 Å². The molecular formula is C12H20N4O2. The standard InChI is InChI=1S/C12H20N4O2/c17-7-6-15-2-1-3-16(5-4-15)12-9-13-8-11(10-18)14-12/h8-9,17-18H,1-7,10H2. The van der Waals surface area contributed by atoms with E-state index in [1.54, 1.807) is 12.4 Å². The van der Waals surface area contributed by atoms with E-state index in [0.717, 1.165) is 45.0 Å². The quantitative estimate of drug-likeness (QED) is 0.751. The fourth-order valence-corrected chi connectivity index (χ4v) is 2.19. The third-order valence-electron chi connectivity index (χ3n) is 3.16. The molecule has 0 aromatic carbocycles. The molecule has 1 saturated heterocycles. The molecule has 6 nitrogen and oxygen atoms in total.